The molecule has 0 bridgehead atoms. The monoisotopic (exact) mass is 289 g/mol. The van der Waals surface area contributed by atoms with Crippen molar-refractivity contribution in [3.63, 3.8) is 0 Å². The van der Waals surface area contributed by atoms with E-state index in [1.54, 1.807) is 25.2 Å². The van der Waals surface area contributed by atoms with Gasteiger partial charge in [-0.25, -0.2) is 9.59 Å². The smallest absolute Gasteiger partial charge is 0.326 e. The molecule has 0 aromatic heterocycles. The predicted molar refractivity (Wildman–Crippen MR) is 77.5 cm³/mol. The lowest BCUT2D eigenvalue weighted by Crippen LogP contribution is -2.46. The van der Waals surface area contributed by atoms with Gasteiger partial charge in [0.25, 0.3) is 0 Å². The Bertz CT molecular complexity index is 551. The van der Waals surface area contributed by atoms with Crippen molar-refractivity contribution in [1.82, 2.24) is 10.2 Å². The molecule has 1 unspecified atom stereocenters. The molecule has 1 rings (SSSR count). The highest BCUT2D eigenvalue weighted by atomic mass is 16.4. The minimum Gasteiger partial charge on any atom is -0.480 e. The van der Waals surface area contributed by atoms with Crippen LogP contribution in [0.25, 0.3) is 0 Å². The average molecular weight is 289 g/mol. The van der Waals surface area contributed by atoms with Crippen molar-refractivity contribution >= 4 is 12.0 Å². The van der Waals surface area contributed by atoms with E-state index in [9.17, 15) is 9.59 Å². The molecule has 1 atom stereocenters. The summed E-state index contributed by atoms with van der Waals surface area (Å²) in [4.78, 5) is 24.4. The Kier molecular flexibility index (Phi) is 6.21. The van der Waals surface area contributed by atoms with Gasteiger partial charge in [0, 0.05) is 13.6 Å². The van der Waals surface area contributed by atoms with Crippen LogP contribution < -0.4 is 5.32 Å². The van der Waals surface area contributed by atoms with Gasteiger partial charge in [-0.05, 0) is 24.1 Å². The summed E-state index contributed by atoms with van der Waals surface area (Å²) in [6, 6.07) is 7.65. The molecule has 1 aromatic rings. The van der Waals surface area contributed by atoms with E-state index in [4.69, 9.17) is 10.4 Å². The van der Waals surface area contributed by atoms with Crippen molar-refractivity contribution in [2.24, 2.45) is 0 Å². The minimum absolute atomic E-state index is 0.305. The van der Waals surface area contributed by atoms with Crippen LogP contribution >= 0.6 is 0 Å². The fraction of sp³-hybridized carbons (Fsp3) is 0.400. The maximum atomic E-state index is 12.0. The molecule has 0 aliphatic carbocycles. The van der Waals surface area contributed by atoms with Crippen molar-refractivity contribution in [3.8, 4) is 6.07 Å². The summed E-state index contributed by atoms with van der Waals surface area (Å²) in [5.74, 6) is -1.04. The van der Waals surface area contributed by atoms with Gasteiger partial charge in [0.15, 0.2) is 0 Å². The molecule has 0 spiro atoms. The Balaban J connectivity index is 2.65. The molecule has 0 aliphatic rings. The summed E-state index contributed by atoms with van der Waals surface area (Å²) < 4.78 is 0. The molecule has 2 amide bonds. The lowest BCUT2D eigenvalue weighted by molar-refractivity contribution is -0.139. The topological polar surface area (TPSA) is 93.4 Å². The number of carbonyl (C=O) groups is 2. The number of hydrogen-bond acceptors (Lipinski definition) is 3. The lowest BCUT2D eigenvalue weighted by Gasteiger charge is -2.21. The minimum atomic E-state index is -1.04. The Morgan fingerprint density at radius 1 is 1.48 bits per heavy atom. The molecule has 1 aromatic carbocycles. The molecular weight excluding hydrogens is 270 g/mol. The molecule has 0 saturated heterocycles. The van der Waals surface area contributed by atoms with E-state index in [0.29, 0.717) is 24.9 Å². The van der Waals surface area contributed by atoms with E-state index in [1.165, 1.54) is 4.90 Å². The van der Waals surface area contributed by atoms with Crippen molar-refractivity contribution in [2.45, 2.75) is 32.4 Å². The van der Waals surface area contributed by atoms with Crippen LogP contribution in [0.15, 0.2) is 24.3 Å². The van der Waals surface area contributed by atoms with Crippen molar-refractivity contribution in [2.75, 3.05) is 7.05 Å². The third-order valence-corrected chi connectivity index (χ3v) is 3.00. The molecule has 112 valence electrons. The lowest BCUT2D eigenvalue weighted by atomic mass is 10.1. The van der Waals surface area contributed by atoms with Gasteiger partial charge in [-0.3, -0.25) is 0 Å². The number of carbonyl (C=O) groups excluding carboxylic acids is 1. The fourth-order valence-corrected chi connectivity index (χ4v) is 1.89. The first-order chi connectivity index (χ1) is 9.97. The van der Waals surface area contributed by atoms with Gasteiger partial charge in [-0.1, -0.05) is 25.5 Å². The summed E-state index contributed by atoms with van der Waals surface area (Å²) in [6.45, 7) is 2.17. The number of amides is 2. The number of nitriles is 1. The van der Waals surface area contributed by atoms with E-state index in [1.807, 2.05) is 19.1 Å². The SMILES string of the molecule is CCCC(NC(=O)N(C)Cc1cccc(C#N)c1)C(=O)O. The first kappa shape index (κ1) is 16.5. The van der Waals surface area contributed by atoms with Crippen molar-refractivity contribution < 1.29 is 14.7 Å². The van der Waals surface area contributed by atoms with Crippen LogP contribution in [0.5, 0.6) is 0 Å². The summed E-state index contributed by atoms with van der Waals surface area (Å²) in [6.07, 6.45) is 1.06. The van der Waals surface area contributed by atoms with E-state index in [2.05, 4.69) is 5.32 Å². The molecule has 21 heavy (non-hydrogen) atoms. The first-order valence-corrected chi connectivity index (χ1v) is 6.71. The van der Waals surface area contributed by atoms with E-state index in [0.717, 1.165) is 5.56 Å². The summed E-state index contributed by atoms with van der Waals surface area (Å²) >= 11 is 0. The van der Waals surface area contributed by atoms with Crippen LogP contribution in [0.3, 0.4) is 0 Å². The number of nitrogens with one attached hydrogen (secondary N) is 1. The second kappa shape index (κ2) is 7.90. The Labute approximate surface area is 124 Å². The number of benzene rings is 1. The highest BCUT2D eigenvalue weighted by Gasteiger charge is 2.20. The van der Waals surface area contributed by atoms with Crippen LogP contribution in [0.2, 0.25) is 0 Å². The van der Waals surface area contributed by atoms with Gasteiger partial charge in [0.2, 0.25) is 0 Å². The van der Waals surface area contributed by atoms with E-state index in [-0.39, 0.29) is 0 Å². The van der Waals surface area contributed by atoms with Crippen LogP contribution in [0.4, 0.5) is 4.79 Å². The van der Waals surface area contributed by atoms with Gasteiger partial charge >= 0.3 is 12.0 Å². The number of rotatable bonds is 6. The summed E-state index contributed by atoms with van der Waals surface area (Å²) in [5.41, 5.74) is 1.34. The molecule has 2 N–H and O–H groups in total. The summed E-state index contributed by atoms with van der Waals surface area (Å²) in [5, 5.41) is 20.3. The van der Waals surface area contributed by atoms with Crippen LogP contribution in [0, 0.1) is 11.3 Å². The van der Waals surface area contributed by atoms with Gasteiger partial charge in [0.05, 0.1) is 11.6 Å². The zero-order valence-corrected chi connectivity index (χ0v) is 12.2. The van der Waals surface area contributed by atoms with Crippen LogP contribution in [-0.4, -0.2) is 35.1 Å². The standard InChI is InChI=1S/C15H19N3O3/c1-3-5-13(14(19)20)17-15(21)18(2)10-12-7-4-6-11(8-12)9-16/h4,6-8,13H,3,5,10H2,1-2H3,(H,17,21)(H,19,20). The predicted octanol–water partition coefficient (Wildman–Crippen LogP) is 1.95. The third kappa shape index (κ3) is 5.15. The number of aliphatic carboxylic acids is 1. The van der Waals surface area contributed by atoms with Gasteiger partial charge in [-0.15, -0.1) is 0 Å². The number of hydrogen-bond donors (Lipinski definition) is 2. The van der Waals surface area contributed by atoms with Gasteiger partial charge < -0.3 is 15.3 Å². The molecule has 0 radical (unpaired) electrons. The normalized spacial score (nSPS) is 11.3. The quantitative estimate of drug-likeness (QED) is 0.837. The fourth-order valence-electron chi connectivity index (χ4n) is 1.89. The van der Waals surface area contributed by atoms with E-state index < -0.39 is 18.0 Å². The van der Waals surface area contributed by atoms with E-state index >= 15 is 0 Å². The zero-order chi connectivity index (χ0) is 15.8. The molecular formula is C15H19N3O3. The molecule has 0 saturated carbocycles. The second-order valence-electron chi connectivity index (χ2n) is 4.80. The number of nitrogens with zero attached hydrogens (tertiary/aromatic N) is 2. The third-order valence-electron chi connectivity index (χ3n) is 3.00. The molecule has 6 heteroatoms. The number of carboxylic acids is 1. The molecule has 6 nitrogen and oxygen atoms in total. The number of carboxylic acid groups (broad SMARTS) is 1. The van der Waals surface area contributed by atoms with Gasteiger partial charge in [0.1, 0.15) is 6.04 Å². The Morgan fingerprint density at radius 2 is 2.19 bits per heavy atom. The first-order valence-electron chi connectivity index (χ1n) is 6.71. The summed E-state index contributed by atoms with van der Waals surface area (Å²) in [7, 11) is 1.58. The van der Waals surface area contributed by atoms with Crippen LogP contribution in [0.1, 0.15) is 30.9 Å². The number of urea groups is 1. The second-order valence-corrected chi connectivity index (χ2v) is 4.80. The Morgan fingerprint density at radius 3 is 2.76 bits per heavy atom. The van der Waals surface area contributed by atoms with Crippen molar-refractivity contribution in [3.05, 3.63) is 35.4 Å². The van der Waals surface area contributed by atoms with Crippen molar-refractivity contribution in [1.29, 1.82) is 5.26 Å². The zero-order valence-electron chi connectivity index (χ0n) is 12.2. The maximum absolute atomic E-state index is 12.0. The largest absolute Gasteiger partial charge is 0.480 e. The average Bonchev–Trinajstić information content (AvgIpc) is 2.46. The molecule has 0 fully saturated rings. The molecule has 0 heterocycles. The highest BCUT2D eigenvalue weighted by Crippen LogP contribution is 2.07. The van der Waals surface area contributed by atoms with Gasteiger partial charge in [-0.2, -0.15) is 5.26 Å². The Hall–Kier alpha value is -2.55. The van der Waals surface area contributed by atoms with Crippen LogP contribution in [-0.2, 0) is 11.3 Å². The maximum Gasteiger partial charge on any atom is 0.326 e. The molecule has 0 aliphatic heterocycles. The highest BCUT2D eigenvalue weighted by molar-refractivity contribution is 5.82.